The van der Waals surface area contributed by atoms with Gasteiger partial charge in [-0.15, -0.1) is 0 Å². The van der Waals surface area contributed by atoms with Gasteiger partial charge >= 0.3 is 6.09 Å². The van der Waals surface area contributed by atoms with Crippen LogP contribution >= 0.6 is 0 Å². The number of ether oxygens (including phenoxy) is 2. The summed E-state index contributed by atoms with van der Waals surface area (Å²) in [4.78, 5) is 38.0. The smallest absolute Gasteiger partial charge is 0.408 e. The van der Waals surface area contributed by atoms with Crippen molar-refractivity contribution >= 4 is 17.9 Å². The number of carbonyl (C=O) groups excluding carboxylic acids is 3. The predicted molar refractivity (Wildman–Crippen MR) is 119 cm³/mol. The van der Waals surface area contributed by atoms with E-state index in [4.69, 9.17) is 9.47 Å². The van der Waals surface area contributed by atoms with Crippen molar-refractivity contribution in [1.82, 2.24) is 16.2 Å². The van der Waals surface area contributed by atoms with Gasteiger partial charge in [0.05, 0.1) is 5.92 Å². The number of rotatable bonds is 4. The highest BCUT2D eigenvalue weighted by molar-refractivity contribution is 5.92. The van der Waals surface area contributed by atoms with Crippen LogP contribution in [0.3, 0.4) is 0 Å². The quantitative estimate of drug-likeness (QED) is 0.631. The lowest BCUT2D eigenvalue weighted by molar-refractivity contribution is -0.131. The summed E-state index contributed by atoms with van der Waals surface area (Å²) in [6.45, 7) is 8.78. The zero-order valence-electron chi connectivity index (χ0n) is 18.9. The van der Waals surface area contributed by atoms with Crippen LogP contribution in [0.15, 0.2) is 48.5 Å². The van der Waals surface area contributed by atoms with Crippen molar-refractivity contribution in [2.24, 2.45) is 5.92 Å². The number of hydrogen-bond donors (Lipinski definition) is 3. The average Bonchev–Trinajstić information content (AvgIpc) is 2.72. The van der Waals surface area contributed by atoms with E-state index in [1.54, 1.807) is 46.8 Å². The molecule has 32 heavy (non-hydrogen) atoms. The number of hydrogen-bond acceptors (Lipinski definition) is 5. The van der Waals surface area contributed by atoms with Crippen LogP contribution in [0.2, 0.25) is 0 Å². The standard InChI is InChI=1S/C24H29N3O5/c1-14(2)20(25-23(30)32-24(3,4)5)22(29)27-26-21(28)19-15-10-6-8-12-17(15)31-18-13-9-7-11-16(18)19/h6-14,19-20H,1-5H3,(H,25,30)(H,26,28)(H,27,29)/t20-/m0/s1. The third kappa shape index (κ3) is 5.38. The van der Waals surface area contributed by atoms with E-state index in [0.717, 1.165) is 0 Å². The zero-order valence-corrected chi connectivity index (χ0v) is 18.9. The molecule has 3 amide bonds. The van der Waals surface area contributed by atoms with E-state index in [-0.39, 0.29) is 5.92 Å². The van der Waals surface area contributed by atoms with E-state index in [0.29, 0.717) is 22.6 Å². The molecule has 0 aliphatic carbocycles. The maximum Gasteiger partial charge on any atom is 0.408 e. The van der Waals surface area contributed by atoms with Gasteiger partial charge in [0.25, 0.3) is 11.8 Å². The fourth-order valence-corrected chi connectivity index (χ4v) is 3.43. The second-order valence-electron chi connectivity index (χ2n) is 8.96. The van der Waals surface area contributed by atoms with Gasteiger partial charge in [-0.05, 0) is 38.8 Å². The van der Waals surface area contributed by atoms with Crippen molar-refractivity contribution < 1.29 is 23.9 Å². The minimum atomic E-state index is -0.889. The van der Waals surface area contributed by atoms with E-state index >= 15 is 0 Å². The highest BCUT2D eigenvalue weighted by Crippen LogP contribution is 2.43. The summed E-state index contributed by atoms with van der Waals surface area (Å²) in [7, 11) is 0. The molecule has 1 aliphatic rings. The molecule has 0 radical (unpaired) electrons. The maximum atomic E-state index is 13.1. The molecule has 3 rings (SSSR count). The second-order valence-corrected chi connectivity index (χ2v) is 8.96. The zero-order chi connectivity index (χ0) is 23.5. The molecule has 0 aromatic heterocycles. The summed E-state index contributed by atoms with van der Waals surface area (Å²) in [5.74, 6) is -0.681. The van der Waals surface area contributed by atoms with Gasteiger partial charge < -0.3 is 14.8 Å². The first-order valence-electron chi connectivity index (χ1n) is 10.5. The number of amides is 3. The number of fused-ring (bicyclic) bond motifs is 2. The number of nitrogens with one attached hydrogen (secondary N) is 3. The van der Waals surface area contributed by atoms with E-state index in [2.05, 4.69) is 16.2 Å². The molecular formula is C24H29N3O5. The normalized spacial score (nSPS) is 13.8. The van der Waals surface area contributed by atoms with Crippen molar-refractivity contribution in [3.63, 3.8) is 0 Å². The van der Waals surface area contributed by atoms with Gasteiger partial charge in [0.15, 0.2) is 0 Å². The molecule has 0 saturated carbocycles. The van der Waals surface area contributed by atoms with Crippen LogP contribution in [0.4, 0.5) is 4.79 Å². The lowest BCUT2D eigenvalue weighted by Gasteiger charge is -2.28. The molecule has 0 saturated heterocycles. The van der Waals surface area contributed by atoms with Crippen molar-refractivity contribution in [3.05, 3.63) is 59.7 Å². The molecule has 1 aliphatic heterocycles. The number of hydrazine groups is 1. The van der Waals surface area contributed by atoms with Gasteiger partial charge in [-0.3, -0.25) is 20.4 Å². The SMILES string of the molecule is CC(C)[C@H](NC(=O)OC(C)(C)C)C(=O)NNC(=O)C1c2ccccc2Oc2ccccc21. The molecule has 1 heterocycles. The van der Waals surface area contributed by atoms with Gasteiger partial charge in [0.2, 0.25) is 0 Å². The Hall–Kier alpha value is -3.55. The summed E-state index contributed by atoms with van der Waals surface area (Å²) in [6.07, 6.45) is -0.704. The van der Waals surface area contributed by atoms with Crippen LogP contribution in [0, 0.1) is 5.92 Å². The first-order chi connectivity index (χ1) is 15.1. The third-order valence-electron chi connectivity index (χ3n) is 4.87. The van der Waals surface area contributed by atoms with Crippen molar-refractivity contribution in [2.75, 3.05) is 0 Å². The summed E-state index contributed by atoms with van der Waals surface area (Å²) >= 11 is 0. The highest BCUT2D eigenvalue weighted by atomic mass is 16.6. The van der Waals surface area contributed by atoms with E-state index in [9.17, 15) is 14.4 Å². The number of benzene rings is 2. The molecule has 170 valence electrons. The molecule has 2 aromatic carbocycles. The molecule has 3 N–H and O–H groups in total. The van der Waals surface area contributed by atoms with Crippen LogP contribution in [0.1, 0.15) is 51.7 Å². The molecule has 8 nitrogen and oxygen atoms in total. The lowest BCUT2D eigenvalue weighted by atomic mass is 9.87. The predicted octanol–water partition coefficient (Wildman–Crippen LogP) is 3.62. The van der Waals surface area contributed by atoms with Crippen LogP contribution in [0.25, 0.3) is 0 Å². The molecule has 0 spiro atoms. The Kier molecular flexibility index (Phi) is 6.72. The van der Waals surface area contributed by atoms with E-state index in [1.807, 2.05) is 36.4 Å². The first kappa shape index (κ1) is 23.1. The maximum absolute atomic E-state index is 13.1. The lowest BCUT2D eigenvalue weighted by Crippen LogP contribution is -2.55. The summed E-state index contributed by atoms with van der Waals surface area (Å²) in [5.41, 5.74) is 5.65. The number of para-hydroxylation sites is 2. The Labute approximate surface area is 187 Å². The van der Waals surface area contributed by atoms with Crippen molar-refractivity contribution in [1.29, 1.82) is 0 Å². The largest absolute Gasteiger partial charge is 0.457 e. The van der Waals surface area contributed by atoms with Gasteiger partial charge in [-0.1, -0.05) is 50.2 Å². The monoisotopic (exact) mass is 439 g/mol. The van der Waals surface area contributed by atoms with Crippen molar-refractivity contribution in [2.45, 2.75) is 52.2 Å². The van der Waals surface area contributed by atoms with Gasteiger partial charge in [-0.2, -0.15) is 0 Å². The van der Waals surface area contributed by atoms with Crippen LogP contribution in [-0.4, -0.2) is 29.6 Å². The highest BCUT2D eigenvalue weighted by Gasteiger charge is 2.33. The Balaban J connectivity index is 1.72. The minimum Gasteiger partial charge on any atom is -0.457 e. The Bertz CT molecular complexity index is 967. The van der Waals surface area contributed by atoms with Crippen molar-refractivity contribution in [3.8, 4) is 11.5 Å². The summed E-state index contributed by atoms with van der Waals surface area (Å²) < 4.78 is 11.1. The Morgan fingerprint density at radius 3 is 1.94 bits per heavy atom. The van der Waals surface area contributed by atoms with E-state index in [1.165, 1.54) is 0 Å². The Morgan fingerprint density at radius 1 is 0.906 bits per heavy atom. The number of carbonyl (C=O) groups is 3. The molecule has 0 fully saturated rings. The van der Waals surface area contributed by atoms with Gasteiger partial charge in [0, 0.05) is 11.1 Å². The second kappa shape index (κ2) is 9.30. The minimum absolute atomic E-state index is 0.232. The van der Waals surface area contributed by atoms with Gasteiger partial charge in [0.1, 0.15) is 23.1 Å². The fourth-order valence-electron chi connectivity index (χ4n) is 3.43. The van der Waals surface area contributed by atoms with Crippen LogP contribution < -0.4 is 20.9 Å². The van der Waals surface area contributed by atoms with Gasteiger partial charge in [-0.25, -0.2) is 4.79 Å². The molecular weight excluding hydrogens is 410 g/mol. The number of alkyl carbamates (subject to hydrolysis) is 1. The fraction of sp³-hybridized carbons (Fsp3) is 0.375. The summed E-state index contributed by atoms with van der Waals surface area (Å²) in [6, 6.07) is 13.7. The Morgan fingerprint density at radius 2 is 1.44 bits per heavy atom. The molecule has 8 heteroatoms. The molecule has 2 aromatic rings. The molecule has 0 bridgehead atoms. The summed E-state index contributed by atoms with van der Waals surface area (Å²) in [5, 5.41) is 2.56. The topological polar surface area (TPSA) is 106 Å². The molecule has 1 atom stereocenters. The molecule has 0 unspecified atom stereocenters. The van der Waals surface area contributed by atoms with Crippen LogP contribution in [0.5, 0.6) is 11.5 Å². The van der Waals surface area contributed by atoms with E-state index < -0.39 is 35.5 Å². The first-order valence-corrected chi connectivity index (χ1v) is 10.5. The average molecular weight is 440 g/mol. The third-order valence-corrected chi connectivity index (χ3v) is 4.87. The van der Waals surface area contributed by atoms with Crippen LogP contribution in [-0.2, 0) is 14.3 Å².